The third kappa shape index (κ3) is 2.49. The number of amides is 1. The molecule has 1 aromatic carbocycles. The molecule has 5 nitrogen and oxygen atoms in total. The van der Waals surface area contributed by atoms with Crippen LogP contribution >= 0.6 is 11.8 Å². The lowest BCUT2D eigenvalue weighted by Crippen LogP contribution is -2.31. The van der Waals surface area contributed by atoms with Gasteiger partial charge in [-0.05, 0) is 25.0 Å². The number of carbonyl (C=O) groups is 1. The van der Waals surface area contributed by atoms with Crippen LogP contribution < -0.4 is 5.32 Å². The SMILES string of the molecule is Cc1nc(C(=O)NC2CCSc3ccccc32)n[nH]1. The summed E-state index contributed by atoms with van der Waals surface area (Å²) in [6, 6.07) is 8.23. The van der Waals surface area contributed by atoms with E-state index in [0.29, 0.717) is 5.82 Å². The average Bonchev–Trinajstić information content (AvgIpc) is 2.86. The largest absolute Gasteiger partial charge is 0.342 e. The van der Waals surface area contributed by atoms with E-state index in [2.05, 4.69) is 32.6 Å². The summed E-state index contributed by atoms with van der Waals surface area (Å²) in [5.41, 5.74) is 1.18. The molecular formula is C13H14N4OS. The zero-order valence-electron chi connectivity index (χ0n) is 10.5. The standard InChI is InChI=1S/C13H14N4OS/c1-8-14-12(17-16-8)13(18)15-10-6-7-19-11-5-3-2-4-9(10)11/h2-5,10H,6-7H2,1H3,(H,15,18)(H,14,16,17). The van der Waals surface area contributed by atoms with Gasteiger partial charge in [-0.3, -0.25) is 9.89 Å². The van der Waals surface area contributed by atoms with Crippen molar-refractivity contribution in [3.63, 3.8) is 0 Å². The number of hydrogen-bond acceptors (Lipinski definition) is 4. The van der Waals surface area contributed by atoms with Crippen LogP contribution in [0.4, 0.5) is 0 Å². The van der Waals surface area contributed by atoms with Gasteiger partial charge in [0, 0.05) is 10.6 Å². The van der Waals surface area contributed by atoms with Crippen molar-refractivity contribution in [1.29, 1.82) is 0 Å². The number of nitrogens with one attached hydrogen (secondary N) is 2. The second kappa shape index (κ2) is 5.05. The van der Waals surface area contributed by atoms with E-state index in [1.807, 2.05) is 23.9 Å². The van der Waals surface area contributed by atoms with Crippen LogP contribution in [0, 0.1) is 6.92 Å². The predicted molar refractivity (Wildman–Crippen MR) is 73.1 cm³/mol. The van der Waals surface area contributed by atoms with Gasteiger partial charge in [-0.15, -0.1) is 16.9 Å². The van der Waals surface area contributed by atoms with Gasteiger partial charge in [0.2, 0.25) is 5.82 Å². The van der Waals surface area contributed by atoms with Gasteiger partial charge in [0.1, 0.15) is 5.82 Å². The van der Waals surface area contributed by atoms with Gasteiger partial charge >= 0.3 is 0 Å². The Morgan fingerprint density at radius 1 is 1.47 bits per heavy atom. The number of aromatic nitrogens is 3. The summed E-state index contributed by atoms with van der Waals surface area (Å²) in [6.07, 6.45) is 0.927. The van der Waals surface area contributed by atoms with E-state index < -0.39 is 0 Å². The van der Waals surface area contributed by atoms with Crippen LogP contribution in [0.5, 0.6) is 0 Å². The van der Waals surface area contributed by atoms with Crippen molar-refractivity contribution < 1.29 is 4.79 Å². The molecule has 0 bridgehead atoms. The maximum atomic E-state index is 12.1. The number of thioether (sulfide) groups is 1. The first-order valence-corrected chi connectivity index (χ1v) is 7.14. The van der Waals surface area contributed by atoms with E-state index in [9.17, 15) is 4.79 Å². The summed E-state index contributed by atoms with van der Waals surface area (Å²) in [7, 11) is 0. The Kier molecular flexibility index (Phi) is 3.25. The highest BCUT2D eigenvalue weighted by Gasteiger charge is 2.23. The van der Waals surface area contributed by atoms with Gasteiger partial charge in [-0.1, -0.05) is 18.2 Å². The number of nitrogens with zero attached hydrogens (tertiary/aromatic N) is 2. The van der Waals surface area contributed by atoms with Crippen LogP contribution in [-0.2, 0) is 0 Å². The van der Waals surface area contributed by atoms with Crippen molar-refractivity contribution >= 4 is 17.7 Å². The lowest BCUT2D eigenvalue weighted by atomic mass is 10.0. The molecular weight excluding hydrogens is 260 g/mol. The Balaban J connectivity index is 1.79. The molecule has 1 aliphatic rings. The average molecular weight is 274 g/mol. The fourth-order valence-electron chi connectivity index (χ4n) is 2.16. The molecule has 0 saturated heterocycles. The van der Waals surface area contributed by atoms with Crippen LogP contribution in [0.3, 0.4) is 0 Å². The van der Waals surface area contributed by atoms with Crippen LogP contribution in [0.25, 0.3) is 0 Å². The van der Waals surface area contributed by atoms with E-state index in [1.54, 1.807) is 6.92 Å². The van der Waals surface area contributed by atoms with Crippen molar-refractivity contribution in [2.45, 2.75) is 24.3 Å². The van der Waals surface area contributed by atoms with Crippen LogP contribution in [0.1, 0.15) is 34.5 Å². The number of aryl methyl sites for hydroxylation is 1. The third-order valence-electron chi connectivity index (χ3n) is 3.06. The van der Waals surface area contributed by atoms with Crippen molar-refractivity contribution in [2.75, 3.05) is 5.75 Å². The van der Waals surface area contributed by atoms with Gasteiger partial charge in [0.15, 0.2) is 0 Å². The van der Waals surface area contributed by atoms with E-state index in [0.717, 1.165) is 12.2 Å². The smallest absolute Gasteiger partial charge is 0.291 e. The minimum Gasteiger partial charge on any atom is -0.342 e. The molecule has 1 amide bonds. The van der Waals surface area contributed by atoms with Crippen LogP contribution in [-0.4, -0.2) is 26.8 Å². The summed E-state index contributed by atoms with van der Waals surface area (Å²) in [4.78, 5) is 17.4. The summed E-state index contributed by atoms with van der Waals surface area (Å²) in [5, 5.41) is 9.57. The highest BCUT2D eigenvalue weighted by atomic mass is 32.2. The molecule has 0 spiro atoms. The number of carbonyl (C=O) groups excluding carboxylic acids is 1. The van der Waals surface area contributed by atoms with Crippen LogP contribution in [0.2, 0.25) is 0 Å². The maximum Gasteiger partial charge on any atom is 0.291 e. The minimum absolute atomic E-state index is 0.0451. The molecule has 0 aliphatic carbocycles. The van der Waals surface area contributed by atoms with E-state index in [-0.39, 0.29) is 17.8 Å². The second-order valence-electron chi connectivity index (χ2n) is 4.45. The van der Waals surface area contributed by atoms with Crippen LogP contribution in [0.15, 0.2) is 29.2 Å². The Hall–Kier alpha value is -1.82. The molecule has 2 N–H and O–H groups in total. The van der Waals surface area contributed by atoms with Gasteiger partial charge in [-0.2, -0.15) is 0 Å². The second-order valence-corrected chi connectivity index (χ2v) is 5.58. The van der Waals surface area contributed by atoms with Gasteiger partial charge in [0.25, 0.3) is 5.91 Å². The molecule has 0 radical (unpaired) electrons. The third-order valence-corrected chi connectivity index (χ3v) is 4.19. The molecule has 2 heterocycles. The Bertz CT molecular complexity index is 610. The first-order valence-electron chi connectivity index (χ1n) is 6.15. The molecule has 1 unspecified atom stereocenters. The maximum absolute atomic E-state index is 12.1. The summed E-state index contributed by atoms with van der Waals surface area (Å²) in [6.45, 7) is 1.77. The zero-order valence-corrected chi connectivity index (χ0v) is 11.3. The first kappa shape index (κ1) is 12.2. The number of fused-ring (bicyclic) bond motifs is 1. The normalized spacial score (nSPS) is 17.8. The number of H-pyrrole nitrogens is 1. The zero-order chi connectivity index (χ0) is 13.2. The van der Waals surface area contributed by atoms with Crippen molar-refractivity contribution in [3.05, 3.63) is 41.5 Å². The predicted octanol–water partition coefficient (Wildman–Crippen LogP) is 2.08. The summed E-state index contributed by atoms with van der Waals surface area (Å²) < 4.78 is 0. The summed E-state index contributed by atoms with van der Waals surface area (Å²) in [5.74, 6) is 1.63. The highest BCUT2D eigenvalue weighted by molar-refractivity contribution is 7.99. The molecule has 98 valence electrons. The molecule has 2 aromatic rings. The molecule has 1 aliphatic heterocycles. The van der Waals surface area contributed by atoms with Gasteiger partial charge in [-0.25, -0.2) is 4.98 Å². The Labute approximate surface area is 115 Å². The van der Waals surface area contributed by atoms with Crippen molar-refractivity contribution in [2.24, 2.45) is 0 Å². The minimum atomic E-state index is -0.226. The topological polar surface area (TPSA) is 70.7 Å². The lowest BCUT2D eigenvalue weighted by molar-refractivity contribution is 0.0925. The Morgan fingerprint density at radius 3 is 3.11 bits per heavy atom. The first-order chi connectivity index (χ1) is 9.24. The highest BCUT2D eigenvalue weighted by Crippen LogP contribution is 2.35. The lowest BCUT2D eigenvalue weighted by Gasteiger charge is -2.25. The van der Waals surface area contributed by atoms with E-state index in [1.165, 1.54) is 10.5 Å². The fourth-order valence-corrected chi connectivity index (χ4v) is 3.28. The monoisotopic (exact) mass is 274 g/mol. The van der Waals surface area contributed by atoms with Gasteiger partial charge in [0.05, 0.1) is 6.04 Å². The molecule has 1 atom stereocenters. The molecule has 0 fully saturated rings. The van der Waals surface area contributed by atoms with Gasteiger partial charge < -0.3 is 5.32 Å². The van der Waals surface area contributed by atoms with Crippen molar-refractivity contribution in [1.82, 2.24) is 20.5 Å². The van der Waals surface area contributed by atoms with Crippen molar-refractivity contribution in [3.8, 4) is 0 Å². The molecule has 0 saturated carbocycles. The molecule has 1 aromatic heterocycles. The Morgan fingerprint density at radius 2 is 2.32 bits per heavy atom. The quantitative estimate of drug-likeness (QED) is 0.879. The number of aromatic amines is 1. The molecule has 3 rings (SSSR count). The fraction of sp³-hybridized carbons (Fsp3) is 0.308. The number of rotatable bonds is 2. The molecule has 19 heavy (non-hydrogen) atoms. The summed E-state index contributed by atoms with van der Waals surface area (Å²) >= 11 is 1.83. The van der Waals surface area contributed by atoms with E-state index in [4.69, 9.17) is 0 Å². The van der Waals surface area contributed by atoms with E-state index >= 15 is 0 Å². The number of benzene rings is 1. The number of hydrogen-bond donors (Lipinski definition) is 2. The molecule has 6 heteroatoms.